The topological polar surface area (TPSA) is 40.2 Å². The minimum atomic E-state index is -2.99. The lowest BCUT2D eigenvalue weighted by molar-refractivity contribution is 0.140. The molecule has 0 bridgehead atoms. The fourth-order valence-corrected chi connectivity index (χ4v) is 6.03. The summed E-state index contributed by atoms with van der Waals surface area (Å²) in [5.74, 6) is 1.45. The van der Waals surface area contributed by atoms with Crippen LogP contribution >= 0.6 is 31.9 Å². The van der Waals surface area contributed by atoms with E-state index < -0.39 is 8.80 Å². The number of hydrogen-bond acceptors (Lipinski definition) is 5. The zero-order valence-corrected chi connectivity index (χ0v) is 21.2. The van der Waals surface area contributed by atoms with Crippen molar-refractivity contribution < 1.29 is 18.0 Å². The second-order valence-electron chi connectivity index (χ2n) is 6.86. The highest BCUT2D eigenvalue weighted by molar-refractivity contribution is 9.13. The van der Waals surface area contributed by atoms with E-state index >= 15 is 0 Å². The summed E-state index contributed by atoms with van der Waals surface area (Å²) < 4.78 is 25.1. The molecule has 3 aromatic carbocycles. The van der Waals surface area contributed by atoms with Gasteiger partial charge in [0, 0.05) is 41.1 Å². The number of ether oxygens (including phenoxy) is 1. The smallest absolute Gasteiger partial charge is 0.453 e. The Morgan fingerprint density at radius 3 is 2.00 bits per heavy atom. The van der Waals surface area contributed by atoms with Crippen molar-refractivity contribution in [1.82, 2.24) is 0 Å². The van der Waals surface area contributed by atoms with Gasteiger partial charge in [-0.25, -0.2) is 0 Å². The first-order chi connectivity index (χ1) is 14.4. The van der Waals surface area contributed by atoms with Gasteiger partial charge in [-0.3, -0.25) is 0 Å². The molecule has 156 valence electrons. The number of nitrogens with zero attached hydrogens (tertiary/aromatic N) is 1. The predicted octanol–water partition coefficient (Wildman–Crippen LogP) is 6.18. The number of anilines is 3. The molecule has 4 rings (SSSR count). The largest absolute Gasteiger partial charge is 0.536 e. The molecule has 0 spiro atoms. The van der Waals surface area contributed by atoms with E-state index in [1.807, 2.05) is 24.3 Å². The Morgan fingerprint density at radius 2 is 1.37 bits per heavy atom. The maximum absolute atomic E-state index is 6.32. The maximum Gasteiger partial charge on any atom is 0.536 e. The van der Waals surface area contributed by atoms with Gasteiger partial charge in [0.25, 0.3) is 0 Å². The first kappa shape index (κ1) is 21.5. The van der Waals surface area contributed by atoms with Crippen LogP contribution in [-0.4, -0.2) is 30.1 Å². The molecule has 1 heterocycles. The van der Waals surface area contributed by atoms with E-state index in [4.69, 9.17) is 18.0 Å². The first-order valence-corrected chi connectivity index (χ1v) is 12.6. The summed E-state index contributed by atoms with van der Waals surface area (Å²) in [6, 6.07) is 18.4. The molecule has 5 nitrogen and oxygen atoms in total. The standard InChI is InChI=1S/C22H21Br2NO4Si/c1-14-5-7-15(8-6-14)25-19-10-9-16(30(26-2,27-3)28-4)11-21(19)29-22-13-18(24)17(23)12-20(22)25/h5-13H,1-4H3. The monoisotopic (exact) mass is 549 g/mol. The molecule has 0 aromatic heterocycles. The van der Waals surface area contributed by atoms with Gasteiger partial charge < -0.3 is 22.9 Å². The van der Waals surface area contributed by atoms with E-state index in [2.05, 4.69) is 74.0 Å². The van der Waals surface area contributed by atoms with Crippen molar-refractivity contribution in [1.29, 1.82) is 0 Å². The van der Waals surface area contributed by atoms with E-state index in [1.165, 1.54) is 5.56 Å². The van der Waals surface area contributed by atoms with Crippen LogP contribution in [0.3, 0.4) is 0 Å². The molecule has 3 aromatic rings. The summed E-state index contributed by atoms with van der Waals surface area (Å²) in [5.41, 5.74) is 4.12. The number of aryl methyl sites for hydroxylation is 1. The number of halogens is 2. The van der Waals surface area contributed by atoms with Crippen molar-refractivity contribution in [2.24, 2.45) is 0 Å². The minimum Gasteiger partial charge on any atom is -0.453 e. The summed E-state index contributed by atoms with van der Waals surface area (Å²) >= 11 is 7.20. The summed E-state index contributed by atoms with van der Waals surface area (Å²) in [5, 5.41) is 0.831. The average Bonchev–Trinajstić information content (AvgIpc) is 2.76. The molecule has 0 atom stereocenters. The molecule has 0 unspecified atom stereocenters. The van der Waals surface area contributed by atoms with Crippen LogP contribution in [0.5, 0.6) is 11.5 Å². The van der Waals surface area contributed by atoms with E-state index in [1.54, 1.807) is 21.3 Å². The average molecular weight is 551 g/mol. The summed E-state index contributed by atoms with van der Waals surface area (Å²) in [6.45, 7) is 2.08. The highest BCUT2D eigenvalue weighted by atomic mass is 79.9. The van der Waals surface area contributed by atoms with Gasteiger partial charge in [-0.2, -0.15) is 0 Å². The highest BCUT2D eigenvalue weighted by Crippen LogP contribution is 2.52. The van der Waals surface area contributed by atoms with Crippen molar-refractivity contribution in [3.63, 3.8) is 0 Å². The van der Waals surface area contributed by atoms with E-state index in [9.17, 15) is 0 Å². The minimum absolute atomic E-state index is 0.706. The molecule has 1 aliphatic rings. The zero-order valence-electron chi connectivity index (χ0n) is 17.0. The normalized spacial score (nSPS) is 12.9. The summed E-state index contributed by atoms with van der Waals surface area (Å²) in [6.07, 6.45) is 0. The summed E-state index contributed by atoms with van der Waals surface area (Å²) in [7, 11) is 1.81. The zero-order chi connectivity index (χ0) is 21.5. The first-order valence-electron chi connectivity index (χ1n) is 9.26. The molecule has 30 heavy (non-hydrogen) atoms. The van der Waals surface area contributed by atoms with Gasteiger partial charge in [-0.15, -0.1) is 0 Å². The van der Waals surface area contributed by atoms with Crippen LogP contribution in [0, 0.1) is 6.92 Å². The number of benzene rings is 3. The van der Waals surface area contributed by atoms with Crippen LogP contribution in [-0.2, 0) is 13.3 Å². The van der Waals surface area contributed by atoms with Gasteiger partial charge in [0.1, 0.15) is 0 Å². The lowest BCUT2D eigenvalue weighted by Crippen LogP contribution is -2.54. The SMILES string of the molecule is CO[Si](OC)(OC)c1ccc2c(c1)Oc1cc(Br)c(Br)cc1N2c1ccc(C)cc1. The van der Waals surface area contributed by atoms with E-state index in [-0.39, 0.29) is 0 Å². The lowest BCUT2D eigenvalue weighted by atomic mass is 10.1. The fourth-order valence-electron chi connectivity index (χ4n) is 3.57. The fraction of sp³-hybridized carbons (Fsp3) is 0.182. The third kappa shape index (κ3) is 3.61. The van der Waals surface area contributed by atoms with Gasteiger partial charge in [-0.1, -0.05) is 23.8 Å². The van der Waals surface area contributed by atoms with E-state index in [0.717, 1.165) is 36.9 Å². The van der Waals surface area contributed by atoms with Crippen LogP contribution in [0.1, 0.15) is 5.56 Å². The predicted molar refractivity (Wildman–Crippen MR) is 128 cm³/mol. The van der Waals surface area contributed by atoms with Gasteiger partial charge in [0.2, 0.25) is 0 Å². The molecule has 8 heteroatoms. The number of hydrogen-bond donors (Lipinski definition) is 0. The highest BCUT2D eigenvalue weighted by Gasteiger charge is 2.42. The van der Waals surface area contributed by atoms with Gasteiger partial charge in [0.15, 0.2) is 11.5 Å². The second-order valence-corrected chi connectivity index (χ2v) is 11.5. The number of fused-ring (bicyclic) bond motifs is 2. The van der Waals surface area contributed by atoms with Gasteiger partial charge in [0.05, 0.1) is 11.4 Å². The third-order valence-corrected chi connectivity index (χ3v) is 9.59. The molecule has 0 saturated heterocycles. The third-order valence-electron chi connectivity index (χ3n) is 5.12. The van der Waals surface area contributed by atoms with Crippen LogP contribution in [0.2, 0.25) is 0 Å². The number of rotatable bonds is 5. The Morgan fingerprint density at radius 1 is 0.767 bits per heavy atom. The molecular weight excluding hydrogens is 530 g/mol. The van der Waals surface area contributed by atoms with Crippen molar-refractivity contribution in [3.8, 4) is 11.5 Å². The Bertz CT molecular complexity index is 1080. The van der Waals surface area contributed by atoms with Gasteiger partial charge in [-0.05, 0) is 75.2 Å². The molecule has 1 aliphatic heterocycles. The van der Waals surface area contributed by atoms with E-state index in [0.29, 0.717) is 5.75 Å². The van der Waals surface area contributed by atoms with Crippen molar-refractivity contribution >= 4 is 62.9 Å². The Balaban J connectivity index is 1.92. The molecule has 0 amide bonds. The maximum atomic E-state index is 6.32. The summed E-state index contributed by atoms with van der Waals surface area (Å²) in [4.78, 5) is 2.18. The van der Waals surface area contributed by atoms with Crippen molar-refractivity contribution in [2.45, 2.75) is 6.92 Å². The molecular formula is C22H21Br2NO4Si. The molecule has 0 N–H and O–H groups in total. The molecule has 0 fully saturated rings. The van der Waals surface area contributed by atoms with Gasteiger partial charge >= 0.3 is 8.80 Å². The van der Waals surface area contributed by atoms with Crippen LogP contribution in [0.25, 0.3) is 0 Å². The second kappa shape index (κ2) is 8.45. The molecule has 0 saturated carbocycles. The van der Waals surface area contributed by atoms with Crippen molar-refractivity contribution in [2.75, 3.05) is 26.2 Å². The molecule has 0 radical (unpaired) electrons. The molecule has 0 aliphatic carbocycles. The van der Waals surface area contributed by atoms with Crippen LogP contribution in [0.15, 0.2) is 63.5 Å². The Labute approximate surface area is 194 Å². The lowest BCUT2D eigenvalue weighted by Gasteiger charge is -2.34. The quantitative estimate of drug-likeness (QED) is 0.277. The Kier molecular flexibility index (Phi) is 6.07. The Hall–Kier alpha value is -1.68. The van der Waals surface area contributed by atoms with Crippen molar-refractivity contribution in [3.05, 3.63) is 69.1 Å². The van der Waals surface area contributed by atoms with Crippen LogP contribution in [0.4, 0.5) is 17.1 Å². The van der Waals surface area contributed by atoms with Crippen LogP contribution < -0.4 is 14.8 Å².